The summed E-state index contributed by atoms with van der Waals surface area (Å²) in [4.78, 5) is 33.8. The number of benzene rings is 1. The van der Waals surface area contributed by atoms with E-state index in [-0.39, 0.29) is 12.2 Å². The van der Waals surface area contributed by atoms with Crippen LogP contribution in [0.2, 0.25) is 0 Å². The summed E-state index contributed by atoms with van der Waals surface area (Å²) in [7, 11) is 0. The number of carbonyl (C=O) groups is 3. The van der Waals surface area contributed by atoms with Gasteiger partial charge in [0.15, 0.2) is 0 Å². The van der Waals surface area contributed by atoms with Crippen LogP contribution in [0.15, 0.2) is 36.2 Å². The van der Waals surface area contributed by atoms with Gasteiger partial charge in [-0.3, -0.25) is 14.9 Å². The number of nitrogens with two attached hydrogens (primary N) is 1. The molecular formula is C14H12N4O3. The number of primary amides is 1. The van der Waals surface area contributed by atoms with E-state index in [4.69, 9.17) is 5.73 Å². The third-order valence-corrected chi connectivity index (χ3v) is 3.17. The molecule has 7 heteroatoms. The molecule has 21 heavy (non-hydrogen) atoms. The van der Waals surface area contributed by atoms with Crippen LogP contribution >= 0.6 is 0 Å². The Hall–Kier alpha value is -3.09. The van der Waals surface area contributed by atoms with Gasteiger partial charge in [0.05, 0.1) is 0 Å². The molecule has 1 saturated heterocycles. The van der Waals surface area contributed by atoms with Crippen LogP contribution in [0.4, 0.5) is 4.79 Å². The highest BCUT2D eigenvalue weighted by Gasteiger charge is 2.23. The molecule has 0 atom stereocenters. The van der Waals surface area contributed by atoms with Gasteiger partial charge in [0.25, 0.3) is 5.91 Å². The number of urea groups is 1. The number of carbonyl (C=O) groups excluding carboxylic acids is 3. The number of para-hydroxylation sites is 1. The molecular weight excluding hydrogens is 272 g/mol. The number of aromatic nitrogens is 1. The first-order valence-electron chi connectivity index (χ1n) is 6.25. The fourth-order valence-corrected chi connectivity index (χ4v) is 2.33. The third kappa shape index (κ3) is 2.36. The molecule has 4 N–H and O–H groups in total. The van der Waals surface area contributed by atoms with Crippen LogP contribution in [0, 0.1) is 0 Å². The lowest BCUT2D eigenvalue weighted by Crippen LogP contribution is -2.22. The second-order valence-electron chi connectivity index (χ2n) is 4.66. The van der Waals surface area contributed by atoms with E-state index < -0.39 is 17.8 Å². The number of nitrogens with one attached hydrogen (secondary N) is 2. The Bertz CT molecular complexity index is 804. The fourth-order valence-electron chi connectivity index (χ4n) is 2.33. The molecule has 1 aliphatic heterocycles. The van der Waals surface area contributed by atoms with E-state index in [9.17, 15) is 14.4 Å². The number of hydrogen-bond acceptors (Lipinski definition) is 3. The molecule has 1 aliphatic rings. The minimum absolute atomic E-state index is 0.0439. The Morgan fingerprint density at radius 3 is 2.67 bits per heavy atom. The van der Waals surface area contributed by atoms with Crippen molar-refractivity contribution in [2.24, 2.45) is 5.73 Å². The second-order valence-corrected chi connectivity index (χ2v) is 4.66. The smallest absolute Gasteiger partial charge is 0.326 e. The molecule has 1 fully saturated rings. The van der Waals surface area contributed by atoms with E-state index in [1.807, 2.05) is 24.3 Å². The molecule has 4 amide bonds. The van der Waals surface area contributed by atoms with Gasteiger partial charge in [-0.1, -0.05) is 18.2 Å². The van der Waals surface area contributed by atoms with Crippen molar-refractivity contribution in [3.8, 4) is 0 Å². The lowest BCUT2D eigenvalue weighted by molar-refractivity contribution is -0.118. The van der Waals surface area contributed by atoms with E-state index in [0.29, 0.717) is 0 Å². The van der Waals surface area contributed by atoms with E-state index in [2.05, 4.69) is 10.6 Å². The molecule has 2 heterocycles. The summed E-state index contributed by atoms with van der Waals surface area (Å²) in [5, 5.41) is 5.42. The maximum atomic E-state index is 11.6. The average Bonchev–Trinajstić information content (AvgIpc) is 2.91. The van der Waals surface area contributed by atoms with Crippen molar-refractivity contribution < 1.29 is 14.4 Å². The van der Waals surface area contributed by atoms with Crippen molar-refractivity contribution in [1.29, 1.82) is 0 Å². The Kier molecular flexibility index (Phi) is 2.94. The zero-order chi connectivity index (χ0) is 15.0. The lowest BCUT2D eigenvalue weighted by Gasteiger charge is -2.00. The van der Waals surface area contributed by atoms with Crippen LogP contribution in [0.25, 0.3) is 17.0 Å². The van der Waals surface area contributed by atoms with Crippen LogP contribution in [-0.2, 0) is 16.1 Å². The number of amides is 4. The highest BCUT2D eigenvalue weighted by Crippen LogP contribution is 2.23. The lowest BCUT2D eigenvalue weighted by atomic mass is 10.1. The van der Waals surface area contributed by atoms with Crippen LogP contribution < -0.4 is 16.4 Å². The SMILES string of the molecule is NC(=O)Cn1cc(C=C2NC(=O)NC2=O)c2ccccc21. The van der Waals surface area contributed by atoms with Crippen molar-refractivity contribution in [1.82, 2.24) is 15.2 Å². The van der Waals surface area contributed by atoms with Gasteiger partial charge in [-0.05, 0) is 12.1 Å². The van der Waals surface area contributed by atoms with Crippen LogP contribution in [-0.4, -0.2) is 22.4 Å². The molecule has 0 bridgehead atoms. The first-order valence-corrected chi connectivity index (χ1v) is 6.25. The molecule has 0 radical (unpaired) electrons. The first-order chi connectivity index (χ1) is 10.0. The van der Waals surface area contributed by atoms with Crippen LogP contribution in [0.5, 0.6) is 0 Å². The van der Waals surface area contributed by atoms with Crippen molar-refractivity contribution in [2.45, 2.75) is 6.54 Å². The standard InChI is InChI=1S/C14H12N4O3/c15-12(19)7-18-6-8(9-3-1-2-4-11(9)18)5-10-13(20)17-14(21)16-10/h1-6H,7H2,(H2,15,19)(H2,16,17,20,21). The topological polar surface area (TPSA) is 106 Å². The zero-order valence-corrected chi connectivity index (χ0v) is 10.9. The van der Waals surface area contributed by atoms with Crippen LogP contribution in [0.1, 0.15) is 5.56 Å². The monoisotopic (exact) mass is 284 g/mol. The molecule has 0 aliphatic carbocycles. The summed E-state index contributed by atoms with van der Waals surface area (Å²) in [6, 6.07) is 6.88. The van der Waals surface area contributed by atoms with Gasteiger partial charge in [-0.25, -0.2) is 4.79 Å². The maximum absolute atomic E-state index is 11.6. The number of nitrogens with zero attached hydrogens (tertiary/aromatic N) is 1. The molecule has 0 unspecified atom stereocenters. The highest BCUT2D eigenvalue weighted by molar-refractivity contribution is 6.14. The van der Waals surface area contributed by atoms with Gasteiger partial charge in [0.1, 0.15) is 12.2 Å². The number of rotatable bonds is 3. The summed E-state index contributed by atoms with van der Waals surface area (Å²) < 4.78 is 1.71. The quantitative estimate of drug-likeness (QED) is 0.557. The Balaban J connectivity index is 2.11. The molecule has 106 valence electrons. The highest BCUT2D eigenvalue weighted by atomic mass is 16.2. The summed E-state index contributed by atoms with van der Waals surface area (Å²) in [5.41, 5.74) is 6.95. The number of imide groups is 1. The minimum atomic E-state index is -0.549. The minimum Gasteiger partial charge on any atom is -0.368 e. The van der Waals surface area contributed by atoms with E-state index in [0.717, 1.165) is 16.5 Å². The van der Waals surface area contributed by atoms with Gasteiger partial charge in [-0.15, -0.1) is 0 Å². The summed E-state index contributed by atoms with van der Waals surface area (Å²) in [5.74, 6) is -0.936. The van der Waals surface area contributed by atoms with E-state index >= 15 is 0 Å². The summed E-state index contributed by atoms with van der Waals surface area (Å²) >= 11 is 0. The molecule has 2 aromatic rings. The van der Waals surface area contributed by atoms with Gasteiger partial charge >= 0.3 is 6.03 Å². The normalized spacial score (nSPS) is 16.3. The summed E-state index contributed by atoms with van der Waals surface area (Å²) in [6.45, 7) is 0.0439. The second kappa shape index (κ2) is 4.78. The van der Waals surface area contributed by atoms with Gasteiger partial charge in [-0.2, -0.15) is 0 Å². The molecule has 7 nitrogen and oxygen atoms in total. The average molecular weight is 284 g/mol. The van der Waals surface area contributed by atoms with Gasteiger partial charge < -0.3 is 15.6 Å². The third-order valence-electron chi connectivity index (χ3n) is 3.17. The van der Waals surface area contributed by atoms with Crippen molar-refractivity contribution in [3.05, 3.63) is 41.7 Å². The Labute approximate surface area is 119 Å². The number of hydrogen-bond donors (Lipinski definition) is 3. The number of fused-ring (bicyclic) bond motifs is 1. The Morgan fingerprint density at radius 2 is 2.00 bits per heavy atom. The maximum Gasteiger partial charge on any atom is 0.326 e. The first kappa shape index (κ1) is 12.9. The van der Waals surface area contributed by atoms with E-state index in [1.54, 1.807) is 16.8 Å². The molecule has 3 rings (SSSR count). The van der Waals surface area contributed by atoms with Crippen molar-refractivity contribution >= 4 is 34.8 Å². The largest absolute Gasteiger partial charge is 0.368 e. The fraction of sp³-hybridized carbons (Fsp3) is 0.0714. The molecule has 0 saturated carbocycles. The Morgan fingerprint density at radius 1 is 1.24 bits per heavy atom. The zero-order valence-electron chi connectivity index (χ0n) is 10.9. The predicted octanol–water partition coefficient (Wildman–Crippen LogP) is 0.307. The predicted molar refractivity (Wildman–Crippen MR) is 75.8 cm³/mol. The van der Waals surface area contributed by atoms with Crippen molar-refractivity contribution in [3.63, 3.8) is 0 Å². The molecule has 1 aromatic heterocycles. The van der Waals surface area contributed by atoms with Crippen LogP contribution in [0.3, 0.4) is 0 Å². The molecule has 0 spiro atoms. The molecule has 1 aromatic carbocycles. The van der Waals surface area contributed by atoms with Crippen molar-refractivity contribution in [2.75, 3.05) is 0 Å². The summed E-state index contributed by atoms with van der Waals surface area (Å²) in [6.07, 6.45) is 3.29. The van der Waals surface area contributed by atoms with E-state index in [1.165, 1.54) is 0 Å². The van der Waals surface area contributed by atoms with Gasteiger partial charge in [0, 0.05) is 22.7 Å². The van der Waals surface area contributed by atoms with Gasteiger partial charge in [0.2, 0.25) is 5.91 Å².